The second kappa shape index (κ2) is 4.78. The van der Waals surface area contributed by atoms with Crippen LogP contribution in [0.3, 0.4) is 0 Å². The number of fused-ring (bicyclic) bond motifs is 1. The van der Waals surface area contributed by atoms with Crippen molar-refractivity contribution in [3.05, 3.63) is 47.5 Å². The summed E-state index contributed by atoms with van der Waals surface area (Å²) in [7, 11) is 0. The van der Waals surface area contributed by atoms with Gasteiger partial charge < -0.3 is 10.4 Å². The summed E-state index contributed by atoms with van der Waals surface area (Å²) in [6, 6.07) is 4.56. The molecule has 0 atom stereocenters. The summed E-state index contributed by atoms with van der Waals surface area (Å²) in [5, 5.41) is 19.8. The van der Waals surface area contributed by atoms with E-state index in [1.807, 2.05) is 0 Å². The third-order valence-corrected chi connectivity index (χ3v) is 2.99. The number of carbonyl (C=O) groups is 1. The molecule has 2 heterocycles. The van der Waals surface area contributed by atoms with Crippen LogP contribution in [0.15, 0.2) is 36.9 Å². The first-order chi connectivity index (χ1) is 9.65. The van der Waals surface area contributed by atoms with E-state index >= 15 is 0 Å². The van der Waals surface area contributed by atoms with Crippen molar-refractivity contribution in [2.75, 3.05) is 5.32 Å². The lowest BCUT2D eigenvalue weighted by atomic mass is 10.2. The number of anilines is 2. The van der Waals surface area contributed by atoms with Gasteiger partial charge in [0.15, 0.2) is 5.82 Å². The molecule has 100 valence electrons. The number of nitrogens with one attached hydrogen (secondary N) is 1. The summed E-state index contributed by atoms with van der Waals surface area (Å²) in [6.07, 6.45) is 4.88. The Balaban J connectivity index is 1.97. The van der Waals surface area contributed by atoms with E-state index < -0.39 is 5.97 Å². The van der Waals surface area contributed by atoms with E-state index in [1.165, 1.54) is 12.1 Å². The average Bonchev–Trinajstić information content (AvgIpc) is 2.87. The van der Waals surface area contributed by atoms with Crippen molar-refractivity contribution in [1.29, 1.82) is 0 Å². The topological polar surface area (TPSA) is 92.4 Å². The van der Waals surface area contributed by atoms with Crippen molar-refractivity contribution in [2.24, 2.45) is 0 Å². The van der Waals surface area contributed by atoms with Crippen LogP contribution in [-0.2, 0) is 0 Å². The van der Waals surface area contributed by atoms with Crippen LogP contribution in [-0.4, -0.2) is 30.7 Å². The van der Waals surface area contributed by atoms with E-state index in [0.29, 0.717) is 17.2 Å². The number of hydrogen-bond donors (Lipinski definition) is 2. The third kappa shape index (κ3) is 2.14. The minimum Gasteiger partial charge on any atom is -0.478 e. The van der Waals surface area contributed by atoms with Gasteiger partial charge in [-0.25, -0.2) is 9.78 Å². The van der Waals surface area contributed by atoms with Crippen LogP contribution in [0.2, 0.25) is 5.02 Å². The second-order valence-corrected chi connectivity index (χ2v) is 4.37. The normalized spacial score (nSPS) is 10.7. The Kier molecular flexibility index (Phi) is 2.96. The monoisotopic (exact) mass is 289 g/mol. The Morgan fingerprint density at radius 2 is 2.25 bits per heavy atom. The van der Waals surface area contributed by atoms with Gasteiger partial charge in [-0.1, -0.05) is 11.6 Å². The van der Waals surface area contributed by atoms with Crippen molar-refractivity contribution in [3.63, 3.8) is 0 Å². The van der Waals surface area contributed by atoms with Crippen LogP contribution in [0.4, 0.5) is 11.5 Å². The molecule has 0 fully saturated rings. The number of aromatic carboxylic acids is 1. The summed E-state index contributed by atoms with van der Waals surface area (Å²) in [6.45, 7) is 0. The first-order valence-corrected chi connectivity index (χ1v) is 5.97. The van der Waals surface area contributed by atoms with Crippen LogP contribution in [0.5, 0.6) is 0 Å². The summed E-state index contributed by atoms with van der Waals surface area (Å²) in [5.41, 5.74) is 1.22. The minimum atomic E-state index is -1.07. The molecule has 0 aliphatic heterocycles. The van der Waals surface area contributed by atoms with Crippen molar-refractivity contribution < 1.29 is 9.90 Å². The summed E-state index contributed by atoms with van der Waals surface area (Å²) in [5.74, 6) is -0.566. The first kappa shape index (κ1) is 12.4. The Bertz CT molecular complexity index is 801. The van der Waals surface area contributed by atoms with E-state index in [1.54, 1.807) is 29.2 Å². The van der Waals surface area contributed by atoms with Crippen molar-refractivity contribution >= 4 is 34.7 Å². The van der Waals surface area contributed by atoms with E-state index in [4.69, 9.17) is 16.7 Å². The molecule has 0 saturated carbocycles. The number of rotatable bonds is 3. The molecule has 0 saturated heterocycles. The highest BCUT2D eigenvalue weighted by atomic mass is 35.5. The summed E-state index contributed by atoms with van der Waals surface area (Å²) >= 11 is 5.91. The second-order valence-electron chi connectivity index (χ2n) is 3.96. The van der Waals surface area contributed by atoms with E-state index in [2.05, 4.69) is 20.5 Å². The molecule has 0 aliphatic carbocycles. The predicted octanol–water partition coefficient (Wildman–Crippen LogP) is 2.22. The molecule has 7 nitrogen and oxygen atoms in total. The fourth-order valence-electron chi connectivity index (χ4n) is 1.75. The molecule has 3 aromatic rings. The molecule has 0 unspecified atom stereocenters. The fourth-order valence-corrected chi connectivity index (χ4v) is 2.01. The standard InChI is InChI=1S/C12H8ClN5O2/c13-9-5-7(1-2-8(9)12(19)20)16-10-11-17-15-6-18(11)4-3-14-10/h1-6H,(H,14,16)(H,19,20). The molecule has 8 heteroatoms. The van der Waals surface area contributed by atoms with Crippen molar-refractivity contribution in [3.8, 4) is 0 Å². The number of carboxylic acid groups (broad SMARTS) is 1. The van der Waals surface area contributed by atoms with Gasteiger partial charge in [0, 0.05) is 18.1 Å². The van der Waals surface area contributed by atoms with Gasteiger partial charge in [0.1, 0.15) is 6.33 Å². The molecule has 3 rings (SSSR count). The lowest BCUT2D eigenvalue weighted by molar-refractivity contribution is 0.0697. The highest BCUT2D eigenvalue weighted by Crippen LogP contribution is 2.24. The molecule has 0 radical (unpaired) electrons. The molecule has 0 bridgehead atoms. The maximum atomic E-state index is 10.9. The van der Waals surface area contributed by atoms with Gasteiger partial charge in [-0.3, -0.25) is 4.40 Å². The van der Waals surface area contributed by atoms with E-state index in [9.17, 15) is 4.79 Å². The van der Waals surface area contributed by atoms with Gasteiger partial charge in [0.05, 0.1) is 10.6 Å². The molecule has 2 N–H and O–H groups in total. The minimum absolute atomic E-state index is 0.0471. The van der Waals surface area contributed by atoms with Gasteiger partial charge in [0.25, 0.3) is 0 Å². The number of hydrogen-bond acceptors (Lipinski definition) is 5. The van der Waals surface area contributed by atoms with E-state index in [-0.39, 0.29) is 10.6 Å². The van der Waals surface area contributed by atoms with Gasteiger partial charge in [0.2, 0.25) is 5.65 Å². The molecule has 0 aliphatic rings. The van der Waals surface area contributed by atoms with Crippen molar-refractivity contribution in [1.82, 2.24) is 19.6 Å². The third-order valence-electron chi connectivity index (χ3n) is 2.68. The van der Waals surface area contributed by atoms with Gasteiger partial charge >= 0.3 is 5.97 Å². The molecule has 0 amide bonds. The van der Waals surface area contributed by atoms with Gasteiger partial charge in [-0.05, 0) is 18.2 Å². The molecule has 1 aromatic carbocycles. The maximum absolute atomic E-state index is 10.9. The largest absolute Gasteiger partial charge is 0.478 e. The van der Waals surface area contributed by atoms with Crippen LogP contribution < -0.4 is 5.32 Å². The quantitative estimate of drug-likeness (QED) is 0.768. The molecule has 20 heavy (non-hydrogen) atoms. The van der Waals surface area contributed by atoms with Crippen LogP contribution in [0.25, 0.3) is 5.65 Å². The smallest absolute Gasteiger partial charge is 0.337 e. The number of halogens is 1. The summed E-state index contributed by atoms with van der Waals surface area (Å²) < 4.78 is 1.71. The molecule has 2 aromatic heterocycles. The predicted molar refractivity (Wildman–Crippen MR) is 72.5 cm³/mol. The number of benzene rings is 1. The van der Waals surface area contributed by atoms with E-state index in [0.717, 1.165) is 0 Å². The van der Waals surface area contributed by atoms with Crippen molar-refractivity contribution in [2.45, 2.75) is 0 Å². The molecular formula is C12H8ClN5O2. The SMILES string of the molecule is O=C(O)c1ccc(Nc2nccn3cnnc23)cc1Cl. The van der Waals surface area contributed by atoms with Crippen LogP contribution in [0, 0.1) is 0 Å². The highest BCUT2D eigenvalue weighted by Gasteiger charge is 2.10. The van der Waals surface area contributed by atoms with Crippen LogP contribution in [0.1, 0.15) is 10.4 Å². The lowest BCUT2D eigenvalue weighted by Gasteiger charge is -2.07. The van der Waals surface area contributed by atoms with Gasteiger partial charge in [-0.15, -0.1) is 10.2 Å². The number of aromatic nitrogens is 4. The Morgan fingerprint density at radius 3 is 3.00 bits per heavy atom. The molecular weight excluding hydrogens is 282 g/mol. The number of carboxylic acids is 1. The average molecular weight is 290 g/mol. The van der Waals surface area contributed by atoms with Gasteiger partial charge in [-0.2, -0.15) is 0 Å². The molecule has 0 spiro atoms. The van der Waals surface area contributed by atoms with Crippen LogP contribution >= 0.6 is 11.6 Å². The fraction of sp³-hybridized carbons (Fsp3) is 0. The Hall–Kier alpha value is -2.67. The first-order valence-electron chi connectivity index (χ1n) is 5.59. The Morgan fingerprint density at radius 1 is 1.40 bits per heavy atom. The zero-order chi connectivity index (χ0) is 14.1. The Labute approximate surface area is 117 Å². The summed E-state index contributed by atoms with van der Waals surface area (Å²) in [4.78, 5) is 15.1. The maximum Gasteiger partial charge on any atom is 0.337 e. The number of nitrogens with zero attached hydrogens (tertiary/aromatic N) is 4. The lowest BCUT2D eigenvalue weighted by Crippen LogP contribution is -2.00. The highest BCUT2D eigenvalue weighted by molar-refractivity contribution is 6.33. The zero-order valence-electron chi connectivity index (χ0n) is 9.99. The zero-order valence-corrected chi connectivity index (χ0v) is 10.7.